The highest BCUT2D eigenvalue weighted by Gasteiger charge is 2.22. The molecule has 0 aliphatic carbocycles. The van der Waals surface area contributed by atoms with Gasteiger partial charge in [-0.15, -0.1) is 10.2 Å². The fraction of sp³-hybridized carbons (Fsp3) is 0.286. The zero-order valence-electron chi connectivity index (χ0n) is 16.3. The van der Waals surface area contributed by atoms with Crippen LogP contribution in [0.15, 0.2) is 53.7 Å². The van der Waals surface area contributed by atoms with E-state index in [1.807, 2.05) is 25.3 Å². The Morgan fingerprint density at radius 3 is 2.38 bits per heavy atom. The molecule has 0 aliphatic heterocycles. The summed E-state index contributed by atoms with van der Waals surface area (Å²) in [7, 11) is 0. The third kappa shape index (κ3) is 5.36. The van der Waals surface area contributed by atoms with Crippen LogP contribution in [0.2, 0.25) is 5.02 Å². The van der Waals surface area contributed by atoms with Crippen molar-refractivity contribution < 1.29 is 13.9 Å². The highest BCUT2D eigenvalue weighted by Crippen LogP contribution is 2.28. The number of hydrogen-bond donors (Lipinski definition) is 0. The van der Waals surface area contributed by atoms with Crippen molar-refractivity contribution in [3.8, 4) is 5.75 Å². The van der Waals surface area contributed by atoms with E-state index in [-0.39, 0.29) is 23.4 Å². The number of benzene rings is 2. The smallest absolute Gasteiger partial charge is 0.192 e. The molecular weight excluding hydrogens is 413 g/mol. The molecule has 0 fully saturated rings. The van der Waals surface area contributed by atoms with Crippen molar-refractivity contribution >= 4 is 29.1 Å². The van der Waals surface area contributed by atoms with Crippen molar-refractivity contribution in [3.05, 3.63) is 70.8 Å². The maximum absolute atomic E-state index is 13.1. The first-order chi connectivity index (χ1) is 13.8. The third-order valence-corrected chi connectivity index (χ3v) is 5.39. The van der Waals surface area contributed by atoms with Gasteiger partial charge in [0.2, 0.25) is 0 Å². The quantitative estimate of drug-likeness (QED) is 0.333. The lowest BCUT2D eigenvalue weighted by atomic mass is 10.1. The van der Waals surface area contributed by atoms with Crippen LogP contribution in [-0.4, -0.2) is 26.3 Å². The summed E-state index contributed by atoms with van der Waals surface area (Å²) in [5.41, 5.74) is 0.603. The molecule has 0 saturated heterocycles. The van der Waals surface area contributed by atoms with Crippen LogP contribution >= 0.6 is 23.4 Å². The van der Waals surface area contributed by atoms with Crippen LogP contribution in [0.3, 0.4) is 0 Å². The maximum atomic E-state index is 13.1. The Labute approximate surface area is 178 Å². The van der Waals surface area contributed by atoms with E-state index < -0.39 is 6.10 Å². The van der Waals surface area contributed by atoms with Gasteiger partial charge >= 0.3 is 0 Å². The topological polar surface area (TPSA) is 57.0 Å². The van der Waals surface area contributed by atoms with Crippen LogP contribution in [-0.2, 0) is 0 Å². The molecule has 0 radical (unpaired) electrons. The Kier molecular flexibility index (Phi) is 6.92. The second-order valence-corrected chi connectivity index (χ2v) is 8.12. The highest BCUT2D eigenvalue weighted by molar-refractivity contribution is 7.99. The van der Waals surface area contributed by atoms with Crippen molar-refractivity contribution in [1.29, 1.82) is 0 Å². The van der Waals surface area contributed by atoms with E-state index >= 15 is 0 Å². The lowest BCUT2D eigenvalue weighted by Gasteiger charge is -2.18. The van der Waals surface area contributed by atoms with Crippen molar-refractivity contribution in [2.45, 2.75) is 38.1 Å². The van der Waals surface area contributed by atoms with Gasteiger partial charge in [0.15, 0.2) is 22.9 Å². The zero-order chi connectivity index (χ0) is 21.0. The van der Waals surface area contributed by atoms with Gasteiger partial charge in [-0.1, -0.05) is 23.4 Å². The number of thioether (sulfide) groups is 1. The lowest BCUT2D eigenvalue weighted by molar-refractivity contribution is 0.102. The van der Waals surface area contributed by atoms with Gasteiger partial charge in [-0.05, 0) is 69.3 Å². The van der Waals surface area contributed by atoms with Crippen molar-refractivity contribution in [2.24, 2.45) is 0 Å². The van der Waals surface area contributed by atoms with Crippen LogP contribution in [0.5, 0.6) is 5.75 Å². The first-order valence-corrected chi connectivity index (χ1v) is 10.5. The number of carbonyl (C=O) groups is 1. The molecule has 0 saturated carbocycles. The second-order valence-electron chi connectivity index (χ2n) is 6.74. The molecule has 1 heterocycles. The number of carbonyl (C=O) groups excluding carboxylic acids is 1. The maximum Gasteiger partial charge on any atom is 0.192 e. The van der Waals surface area contributed by atoms with Crippen LogP contribution < -0.4 is 4.74 Å². The van der Waals surface area contributed by atoms with Crippen LogP contribution in [0.4, 0.5) is 4.39 Å². The first-order valence-electron chi connectivity index (χ1n) is 9.13. The van der Waals surface area contributed by atoms with E-state index in [4.69, 9.17) is 16.3 Å². The van der Waals surface area contributed by atoms with Gasteiger partial charge in [0.25, 0.3) is 0 Å². The number of ketones is 1. The minimum atomic E-state index is -0.392. The molecule has 29 heavy (non-hydrogen) atoms. The van der Waals surface area contributed by atoms with E-state index in [1.54, 1.807) is 36.4 Å². The van der Waals surface area contributed by atoms with Gasteiger partial charge < -0.3 is 9.30 Å². The van der Waals surface area contributed by atoms with Gasteiger partial charge in [0.1, 0.15) is 11.6 Å². The third-order valence-electron chi connectivity index (χ3n) is 4.20. The SMILES string of the molecule is CC(Oc1ccc(F)cc1)c1nnc(SCC(=O)c2ccc(Cl)cc2)n1C(C)C. The number of Topliss-reactive ketones (excluding diaryl/α,β-unsaturated/α-hetero) is 1. The molecular formula is C21H21ClFN3O2S. The van der Waals surface area contributed by atoms with Gasteiger partial charge in [0, 0.05) is 16.6 Å². The number of ether oxygens (including phenoxy) is 1. The molecule has 0 N–H and O–H groups in total. The second kappa shape index (κ2) is 9.41. The molecule has 5 nitrogen and oxygen atoms in total. The molecule has 1 aromatic heterocycles. The molecule has 1 unspecified atom stereocenters. The Bertz CT molecular complexity index is 975. The number of aromatic nitrogens is 3. The number of hydrogen-bond acceptors (Lipinski definition) is 5. The standard InChI is InChI=1S/C21H21ClFN3O2S/c1-13(2)26-20(14(3)28-18-10-8-17(23)9-11-18)24-25-21(26)29-12-19(27)15-4-6-16(22)7-5-15/h4-11,13-14H,12H2,1-3H3. The van der Waals surface area contributed by atoms with E-state index in [0.717, 1.165) is 0 Å². The molecule has 3 aromatic rings. The minimum Gasteiger partial charge on any atom is -0.483 e. The summed E-state index contributed by atoms with van der Waals surface area (Å²) in [6, 6.07) is 12.7. The molecule has 152 valence electrons. The Balaban J connectivity index is 1.73. The number of rotatable bonds is 8. The van der Waals surface area contributed by atoms with Gasteiger partial charge in [0.05, 0.1) is 5.75 Å². The largest absolute Gasteiger partial charge is 0.483 e. The molecule has 0 amide bonds. The van der Waals surface area contributed by atoms with Crippen LogP contribution in [0.1, 0.15) is 49.1 Å². The Morgan fingerprint density at radius 1 is 1.10 bits per heavy atom. The normalized spacial score (nSPS) is 12.2. The number of halogens is 2. The van der Waals surface area contributed by atoms with Gasteiger partial charge in [-0.2, -0.15) is 0 Å². The fourth-order valence-electron chi connectivity index (χ4n) is 2.77. The average Bonchev–Trinajstić information content (AvgIpc) is 3.13. The van der Waals surface area contributed by atoms with Crippen molar-refractivity contribution in [1.82, 2.24) is 14.8 Å². The van der Waals surface area contributed by atoms with E-state index in [2.05, 4.69) is 10.2 Å². The lowest BCUT2D eigenvalue weighted by Crippen LogP contribution is -2.14. The summed E-state index contributed by atoms with van der Waals surface area (Å²) in [5.74, 6) is 1.09. The van der Waals surface area contributed by atoms with E-state index in [1.165, 1.54) is 23.9 Å². The predicted octanol–water partition coefficient (Wildman–Crippen LogP) is 5.77. The summed E-state index contributed by atoms with van der Waals surface area (Å²) in [6.45, 7) is 5.89. The summed E-state index contributed by atoms with van der Waals surface area (Å²) in [6.07, 6.45) is -0.392. The predicted molar refractivity (Wildman–Crippen MR) is 112 cm³/mol. The Hall–Kier alpha value is -2.38. The van der Waals surface area contributed by atoms with Crippen molar-refractivity contribution in [3.63, 3.8) is 0 Å². The highest BCUT2D eigenvalue weighted by atomic mass is 35.5. The van der Waals surface area contributed by atoms with Gasteiger partial charge in [-0.3, -0.25) is 4.79 Å². The summed E-state index contributed by atoms with van der Waals surface area (Å²) >= 11 is 7.21. The van der Waals surface area contributed by atoms with E-state index in [0.29, 0.717) is 27.3 Å². The summed E-state index contributed by atoms with van der Waals surface area (Å²) in [4.78, 5) is 12.4. The summed E-state index contributed by atoms with van der Waals surface area (Å²) < 4.78 is 20.9. The molecule has 3 rings (SSSR count). The Morgan fingerprint density at radius 2 is 1.76 bits per heavy atom. The zero-order valence-corrected chi connectivity index (χ0v) is 17.9. The molecule has 0 bridgehead atoms. The van der Waals surface area contributed by atoms with Crippen LogP contribution in [0, 0.1) is 5.82 Å². The molecule has 0 aliphatic rings. The van der Waals surface area contributed by atoms with E-state index in [9.17, 15) is 9.18 Å². The van der Waals surface area contributed by atoms with Gasteiger partial charge in [-0.25, -0.2) is 4.39 Å². The fourth-order valence-corrected chi connectivity index (χ4v) is 3.86. The molecule has 0 spiro atoms. The minimum absolute atomic E-state index is 0.0119. The number of nitrogens with zero attached hydrogens (tertiary/aromatic N) is 3. The first kappa shape index (κ1) is 21.3. The molecule has 8 heteroatoms. The van der Waals surface area contributed by atoms with Crippen LogP contribution in [0.25, 0.3) is 0 Å². The molecule has 1 atom stereocenters. The summed E-state index contributed by atoms with van der Waals surface area (Å²) in [5, 5.41) is 9.77. The average molecular weight is 434 g/mol. The molecule has 2 aromatic carbocycles. The van der Waals surface area contributed by atoms with Crippen molar-refractivity contribution in [2.75, 3.05) is 5.75 Å². The monoisotopic (exact) mass is 433 g/mol.